The van der Waals surface area contributed by atoms with Gasteiger partial charge in [-0.1, -0.05) is 0 Å². The van der Waals surface area contributed by atoms with Crippen LogP contribution in [0.15, 0.2) is 24.3 Å². The van der Waals surface area contributed by atoms with E-state index in [2.05, 4.69) is 4.74 Å². The fraction of sp³-hybridized carbons (Fsp3) is 0.273. The summed E-state index contributed by atoms with van der Waals surface area (Å²) >= 11 is 0. The maximum absolute atomic E-state index is 11.0. The predicted octanol–water partition coefficient (Wildman–Crippen LogP) is 1.33. The van der Waals surface area contributed by atoms with Gasteiger partial charge in [0.15, 0.2) is 6.10 Å². The first kappa shape index (κ1) is 12.0. The summed E-state index contributed by atoms with van der Waals surface area (Å²) in [4.78, 5) is 21.6. The summed E-state index contributed by atoms with van der Waals surface area (Å²) in [6.07, 6.45) is -0.722. The molecule has 0 spiro atoms. The van der Waals surface area contributed by atoms with Gasteiger partial charge in [0.25, 0.3) is 0 Å². The second-order valence-electron chi connectivity index (χ2n) is 3.11. The molecule has 16 heavy (non-hydrogen) atoms. The van der Waals surface area contributed by atoms with Gasteiger partial charge < -0.3 is 14.6 Å². The van der Waals surface area contributed by atoms with E-state index in [1.54, 1.807) is 6.92 Å². The summed E-state index contributed by atoms with van der Waals surface area (Å²) in [6, 6.07) is 5.79. The van der Waals surface area contributed by atoms with Gasteiger partial charge in [0.05, 0.1) is 12.7 Å². The molecule has 1 rings (SSSR count). The fourth-order valence-electron chi connectivity index (χ4n) is 1.09. The summed E-state index contributed by atoms with van der Waals surface area (Å²) in [5, 5.41) is 8.67. The molecule has 1 atom stereocenters. The van der Waals surface area contributed by atoms with Crippen LogP contribution < -0.4 is 4.74 Å². The molecule has 0 saturated carbocycles. The van der Waals surface area contributed by atoms with Crippen LogP contribution in [0, 0.1) is 0 Å². The molecule has 0 aliphatic heterocycles. The van der Waals surface area contributed by atoms with Crippen LogP contribution in [0.5, 0.6) is 5.75 Å². The molecule has 0 radical (unpaired) electrons. The van der Waals surface area contributed by atoms with Crippen molar-refractivity contribution in [1.82, 2.24) is 0 Å². The molecule has 1 aromatic rings. The smallest absolute Gasteiger partial charge is 0.346 e. The number of methoxy groups -OCH3 is 1. The largest absolute Gasteiger partial charge is 0.479 e. The molecule has 0 saturated heterocycles. The zero-order chi connectivity index (χ0) is 12.1. The van der Waals surface area contributed by atoms with Crippen LogP contribution in [0.2, 0.25) is 0 Å². The van der Waals surface area contributed by atoms with E-state index in [9.17, 15) is 9.59 Å². The van der Waals surface area contributed by atoms with Crippen LogP contribution in [0.4, 0.5) is 0 Å². The fourth-order valence-corrected chi connectivity index (χ4v) is 1.09. The van der Waals surface area contributed by atoms with Crippen molar-refractivity contribution in [3.63, 3.8) is 0 Å². The van der Waals surface area contributed by atoms with Crippen molar-refractivity contribution in [3.8, 4) is 5.75 Å². The van der Waals surface area contributed by atoms with E-state index in [4.69, 9.17) is 9.84 Å². The third kappa shape index (κ3) is 2.98. The Balaban J connectivity index is 2.68. The average molecular weight is 224 g/mol. The van der Waals surface area contributed by atoms with Crippen LogP contribution in [-0.2, 0) is 9.53 Å². The van der Waals surface area contributed by atoms with Crippen LogP contribution in [0.25, 0.3) is 0 Å². The van der Waals surface area contributed by atoms with E-state index >= 15 is 0 Å². The van der Waals surface area contributed by atoms with Crippen molar-refractivity contribution in [2.24, 2.45) is 0 Å². The van der Waals surface area contributed by atoms with Crippen molar-refractivity contribution in [2.45, 2.75) is 13.0 Å². The standard InChI is InChI=1S/C11H12O5/c1-7(11(14)15-2)16-9-5-3-8(4-6-9)10(12)13/h3-7H,1-2H3,(H,12,13)/t7-/m1/s1. The van der Waals surface area contributed by atoms with Gasteiger partial charge in [-0.05, 0) is 31.2 Å². The van der Waals surface area contributed by atoms with Gasteiger partial charge in [-0.3, -0.25) is 0 Å². The van der Waals surface area contributed by atoms with Gasteiger partial charge in [0.1, 0.15) is 5.75 Å². The summed E-state index contributed by atoms with van der Waals surface area (Å²) in [5.74, 6) is -1.07. The lowest BCUT2D eigenvalue weighted by atomic mass is 10.2. The van der Waals surface area contributed by atoms with Crippen LogP contribution in [0.3, 0.4) is 0 Å². The monoisotopic (exact) mass is 224 g/mol. The van der Waals surface area contributed by atoms with Crippen molar-refractivity contribution < 1.29 is 24.2 Å². The highest BCUT2D eigenvalue weighted by molar-refractivity contribution is 5.87. The molecule has 0 heterocycles. The summed E-state index contributed by atoms with van der Waals surface area (Å²) in [6.45, 7) is 1.55. The van der Waals surface area contributed by atoms with Gasteiger partial charge in [-0.2, -0.15) is 0 Å². The van der Waals surface area contributed by atoms with Gasteiger partial charge in [0.2, 0.25) is 0 Å². The number of esters is 1. The minimum Gasteiger partial charge on any atom is -0.479 e. The normalized spacial score (nSPS) is 11.6. The average Bonchev–Trinajstić information content (AvgIpc) is 2.28. The van der Waals surface area contributed by atoms with Crippen LogP contribution in [-0.4, -0.2) is 30.3 Å². The molecule has 0 fully saturated rings. The number of aromatic carboxylic acids is 1. The maximum Gasteiger partial charge on any atom is 0.346 e. The number of carbonyl (C=O) groups excluding carboxylic acids is 1. The minimum atomic E-state index is -1.01. The molecule has 0 amide bonds. The molecular weight excluding hydrogens is 212 g/mol. The van der Waals surface area contributed by atoms with Crippen molar-refractivity contribution >= 4 is 11.9 Å². The first-order valence-corrected chi connectivity index (χ1v) is 4.62. The molecule has 0 aliphatic carbocycles. The van der Waals surface area contributed by atoms with Gasteiger partial charge in [-0.15, -0.1) is 0 Å². The molecule has 5 heteroatoms. The number of hydrogen-bond donors (Lipinski definition) is 1. The Bertz CT molecular complexity index is 382. The molecule has 1 N–H and O–H groups in total. The Morgan fingerprint density at radius 3 is 2.25 bits per heavy atom. The highest BCUT2D eigenvalue weighted by atomic mass is 16.6. The van der Waals surface area contributed by atoms with E-state index in [1.165, 1.54) is 31.4 Å². The Morgan fingerprint density at radius 1 is 1.25 bits per heavy atom. The van der Waals surface area contributed by atoms with Crippen molar-refractivity contribution in [2.75, 3.05) is 7.11 Å². The topological polar surface area (TPSA) is 72.8 Å². The Morgan fingerprint density at radius 2 is 1.81 bits per heavy atom. The molecule has 5 nitrogen and oxygen atoms in total. The molecule has 0 unspecified atom stereocenters. The zero-order valence-corrected chi connectivity index (χ0v) is 8.97. The van der Waals surface area contributed by atoms with Crippen molar-refractivity contribution in [3.05, 3.63) is 29.8 Å². The predicted molar refractivity (Wildman–Crippen MR) is 55.5 cm³/mol. The second-order valence-corrected chi connectivity index (χ2v) is 3.11. The molecule has 0 aliphatic rings. The highest BCUT2D eigenvalue weighted by Gasteiger charge is 2.14. The zero-order valence-electron chi connectivity index (χ0n) is 8.97. The van der Waals surface area contributed by atoms with Gasteiger partial charge in [-0.25, -0.2) is 9.59 Å². The third-order valence-electron chi connectivity index (χ3n) is 1.95. The SMILES string of the molecule is COC(=O)[C@@H](C)Oc1ccc(C(=O)O)cc1. The lowest BCUT2D eigenvalue weighted by molar-refractivity contribution is -0.147. The maximum atomic E-state index is 11.0. The number of carboxylic acid groups (broad SMARTS) is 1. The van der Waals surface area contributed by atoms with E-state index in [0.29, 0.717) is 5.75 Å². The van der Waals surface area contributed by atoms with E-state index in [-0.39, 0.29) is 5.56 Å². The van der Waals surface area contributed by atoms with E-state index in [0.717, 1.165) is 0 Å². The lowest BCUT2D eigenvalue weighted by Crippen LogP contribution is -2.24. The van der Waals surface area contributed by atoms with Gasteiger partial charge >= 0.3 is 11.9 Å². The third-order valence-corrected chi connectivity index (χ3v) is 1.95. The van der Waals surface area contributed by atoms with E-state index < -0.39 is 18.0 Å². The van der Waals surface area contributed by atoms with Gasteiger partial charge in [0, 0.05) is 0 Å². The van der Waals surface area contributed by atoms with Crippen LogP contribution >= 0.6 is 0 Å². The molecule has 0 aromatic heterocycles. The number of rotatable bonds is 4. The number of carbonyl (C=O) groups is 2. The minimum absolute atomic E-state index is 0.165. The van der Waals surface area contributed by atoms with E-state index in [1.807, 2.05) is 0 Å². The molecular formula is C11H12O5. The summed E-state index contributed by atoms with van der Waals surface area (Å²) in [7, 11) is 1.27. The Hall–Kier alpha value is -2.04. The molecule has 1 aromatic carbocycles. The van der Waals surface area contributed by atoms with Crippen molar-refractivity contribution in [1.29, 1.82) is 0 Å². The first-order valence-electron chi connectivity index (χ1n) is 4.62. The second kappa shape index (κ2) is 5.16. The molecule has 0 bridgehead atoms. The Labute approximate surface area is 92.6 Å². The summed E-state index contributed by atoms with van der Waals surface area (Å²) in [5.41, 5.74) is 0.165. The highest BCUT2D eigenvalue weighted by Crippen LogP contribution is 2.14. The lowest BCUT2D eigenvalue weighted by Gasteiger charge is -2.12. The Kier molecular flexibility index (Phi) is 3.88. The number of hydrogen-bond acceptors (Lipinski definition) is 4. The quantitative estimate of drug-likeness (QED) is 0.781. The first-order chi connectivity index (χ1) is 7.54. The molecule has 86 valence electrons. The summed E-state index contributed by atoms with van der Waals surface area (Å²) < 4.78 is 9.72. The number of benzene rings is 1. The number of carboxylic acids is 1. The number of ether oxygens (including phenoxy) is 2. The van der Waals surface area contributed by atoms with Crippen LogP contribution in [0.1, 0.15) is 17.3 Å².